The molecular weight excluding hydrogens is 312 g/mol. The number of nitrogens with one attached hydrogen (secondary N) is 2. The van der Waals surface area contributed by atoms with Gasteiger partial charge in [0, 0.05) is 12.5 Å². The minimum atomic E-state index is -0.752. The zero-order valence-corrected chi connectivity index (χ0v) is 15.0. The number of ether oxygens (including phenoxy) is 2. The molecular formula is C17H30N2O5. The van der Waals surface area contributed by atoms with Crippen LogP contribution in [0.1, 0.15) is 47.0 Å². The zero-order chi connectivity index (χ0) is 18.2. The monoisotopic (exact) mass is 342 g/mol. The highest BCUT2D eigenvalue weighted by Crippen LogP contribution is 2.09. The highest BCUT2D eigenvalue weighted by Gasteiger charge is 2.24. The summed E-state index contributed by atoms with van der Waals surface area (Å²) in [6.07, 6.45) is 3.73. The minimum absolute atomic E-state index is 0.129. The van der Waals surface area contributed by atoms with Gasteiger partial charge < -0.3 is 25.2 Å². The maximum absolute atomic E-state index is 12.2. The summed E-state index contributed by atoms with van der Waals surface area (Å²) in [7, 11) is 0. The number of rotatable bonds is 5. The molecule has 0 radical (unpaired) electrons. The van der Waals surface area contributed by atoms with Crippen LogP contribution in [0.15, 0.2) is 12.2 Å². The van der Waals surface area contributed by atoms with E-state index in [0.29, 0.717) is 19.4 Å². The molecule has 2 amide bonds. The fourth-order valence-electron chi connectivity index (χ4n) is 2.26. The van der Waals surface area contributed by atoms with Gasteiger partial charge in [-0.2, -0.15) is 0 Å². The first-order chi connectivity index (χ1) is 11.2. The minimum Gasteiger partial charge on any atom is -0.444 e. The van der Waals surface area contributed by atoms with Crippen molar-refractivity contribution in [3.63, 3.8) is 0 Å². The van der Waals surface area contributed by atoms with Crippen molar-refractivity contribution in [2.45, 2.75) is 70.7 Å². The normalized spacial score (nSPS) is 22.9. The molecule has 0 aromatic carbocycles. The van der Waals surface area contributed by atoms with Gasteiger partial charge in [0.05, 0.1) is 25.4 Å². The summed E-state index contributed by atoms with van der Waals surface area (Å²) in [5, 5.41) is 15.5. The molecule has 0 bridgehead atoms. The maximum atomic E-state index is 12.2. The Morgan fingerprint density at radius 2 is 2.08 bits per heavy atom. The third-order valence-corrected chi connectivity index (χ3v) is 3.52. The van der Waals surface area contributed by atoms with E-state index >= 15 is 0 Å². The van der Waals surface area contributed by atoms with E-state index < -0.39 is 23.8 Å². The molecule has 0 saturated carbocycles. The lowest BCUT2D eigenvalue weighted by Gasteiger charge is -2.26. The van der Waals surface area contributed by atoms with Crippen molar-refractivity contribution >= 4 is 12.0 Å². The zero-order valence-electron chi connectivity index (χ0n) is 15.0. The molecule has 1 aliphatic heterocycles. The van der Waals surface area contributed by atoms with Crippen LogP contribution in [0.3, 0.4) is 0 Å². The van der Waals surface area contributed by atoms with Crippen molar-refractivity contribution in [1.29, 1.82) is 0 Å². The van der Waals surface area contributed by atoms with E-state index in [0.717, 1.165) is 0 Å². The molecule has 24 heavy (non-hydrogen) atoms. The molecule has 3 N–H and O–H groups in total. The summed E-state index contributed by atoms with van der Waals surface area (Å²) in [5.41, 5.74) is -0.583. The Labute approximate surface area is 143 Å². The summed E-state index contributed by atoms with van der Waals surface area (Å²) in [6, 6.07) is -0.717. The molecule has 0 saturated heterocycles. The number of hydrogen-bond donors (Lipinski definition) is 3. The molecule has 0 spiro atoms. The van der Waals surface area contributed by atoms with Crippen molar-refractivity contribution < 1.29 is 24.2 Å². The topological polar surface area (TPSA) is 96.9 Å². The third kappa shape index (κ3) is 8.31. The van der Waals surface area contributed by atoms with Gasteiger partial charge in [0.2, 0.25) is 5.91 Å². The Kier molecular flexibility index (Phi) is 8.21. The number of alkyl carbamates (subject to hydrolysis) is 1. The van der Waals surface area contributed by atoms with Gasteiger partial charge in [0.25, 0.3) is 0 Å². The fraction of sp³-hybridized carbons (Fsp3) is 0.765. The number of amides is 2. The van der Waals surface area contributed by atoms with E-state index in [2.05, 4.69) is 10.6 Å². The molecule has 0 fully saturated rings. The van der Waals surface area contributed by atoms with Crippen LogP contribution in [0.5, 0.6) is 0 Å². The lowest BCUT2D eigenvalue weighted by atomic mass is 10.1. The molecule has 0 aliphatic carbocycles. The first-order valence-corrected chi connectivity index (χ1v) is 8.41. The SMILES string of the molecule is CCC(CC(=O)NC1CC=CCOCC1O)NC(=O)OC(C)(C)C. The smallest absolute Gasteiger partial charge is 0.407 e. The molecule has 1 heterocycles. The molecule has 3 atom stereocenters. The average molecular weight is 342 g/mol. The Morgan fingerprint density at radius 3 is 2.71 bits per heavy atom. The van der Waals surface area contributed by atoms with Crippen LogP contribution in [0.25, 0.3) is 0 Å². The first-order valence-electron chi connectivity index (χ1n) is 8.41. The average Bonchev–Trinajstić information content (AvgIpc) is 2.44. The second-order valence-electron chi connectivity index (χ2n) is 6.94. The van der Waals surface area contributed by atoms with Gasteiger partial charge in [-0.3, -0.25) is 4.79 Å². The lowest BCUT2D eigenvalue weighted by Crippen LogP contribution is -2.48. The molecule has 0 aromatic heterocycles. The van der Waals surface area contributed by atoms with E-state index in [1.807, 2.05) is 19.1 Å². The number of carbonyl (C=O) groups is 2. The second-order valence-corrected chi connectivity index (χ2v) is 6.94. The van der Waals surface area contributed by atoms with Crippen molar-refractivity contribution in [2.24, 2.45) is 0 Å². The fourth-order valence-corrected chi connectivity index (χ4v) is 2.26. The van der Waals surface area contributed by atoms with Crippen LogP contribution in [0.4, 0.5) is 4.79 Å². The maximum Gasteiger partial charge on any atom is 0.407 e. The molecule has 3 unspecified atom stereocenters. The largest absolute Gasteiger partial charge is 0.444 e. The Hall–Kier alpha value is -1.60. The molecule has 7 heteroatoms. The van der Waals surface area contributed by atoms with Crippen LogP contribution in [-0.4, -0.2) is 54.1 Å². The Morgan fingerprint density at radius 1 is 1.38 bits per heavy atom. The van der Waals surface area contributed by atoms with E-state index in [1.54, 1.807) is 20.8 Å². The second kappa shape index (κ2) is 9.64. The summed E-state index contributed by atoms with van der Waals surface area (Å²) < 4.78 is 10.4. The number of aliphatic hydroxyl groups excluding tert-OH is 1. The summed E-state index contributed by atoms with van der Waals surface area (Å²) in [4.78, 5) is 24.0. The number of carbonyl (C=O) groups excluding carboxylic acids is 2. The standard InChI is InChI=1S/C17H30N2O5/c1-5-12(18-16(22)24-17(2,3)4)10-15(21)19-13-8-6-7-9-23-11-14(13)20/h6-7,12-14,20H,5,8-11H2,1-4H3,(H,18,22)(H,19,21). The quantitative estimate of drug-likeness (QED) is 0.658. The predicted molar refractivity (Wildman–Crippen MR) is 90.6 cm³/mol. The van der Waals surface area contributed by atoms with Crippen molar-refractivity contribution in [1.82, 2.24) is 10.6 Å². The van der Waals surface area contributed by atoms with Gasteiger partial charge >= 0.3 is 6.09 Å². The summed E-state index contributed by atoms with van der Waals surface area (Å²) in [6.45, 7) is 7.89. The van der Waals surface area contributed by atoms with Crippen LogP contribution in [0.2, 0.25) is 0 Å². The Bertz CT molecular complexity index is 445. The van der Waals surface area contributed by atoms with Crippen LogP contribution in [-0.2, 0) is 14.3 Å². The van der Waals surface area contributed by atoms with Crippen molar-refractivity contribution in [3.8, 4) is 0 Å². The molecule has 1 rings (SSSR count). The number of aliphatic hydroxyl groups is 1. The van der Waals surface area contributed by atoms with Gasteiger partial charge in [-0.1, -0.05) is 19.1 Å². The lowest BCUT2D eigenvalue weighted by molar-refractivity contribution is -0.123. The van der Waals surface area contributed by atoms with Crippen LogP contribution in [0, 0.1) is 0 Å². The van der Waals surface area contributed by atoms with E-state index in [4.69, 9.17) is 9.47 Å². The third-order valence-electron chi connectivity index (χ3n) is 3.52. The van der Waals surface area contributed by atoms with Crippen molar-refractivity contribution in [3.05, 3.63) is 12.2 Å². The van der Waals surface area contributed by atoms with Gasteiger partial charge in [0.1, 0.15) is 5.60 Å². The molecule has 0 aromatic rings. The van der Waals surface area contributed by atoms with E-state index in [9.17, 15) is 14.7 Å². The Balaban J connectivity index is 2.49. The molecule has 1 aliphatic rings. The van der Waals surface area contributed by atoms with Gasteiger partial charge in [-0.15, -0.1) is 0 Å². The first kappa shape index (κ1) is 20.4. The van der Waals surface area contributed by atoms with E-state index in [1.165, 1.54) is 0 Å². The highest BCUT2D eigenvalue weighted by atomic mass is 16.6. The van der Waals surface area contributed by atoms with Crippen LogP contribution >= 0.6 is 0 Å². The van der Waals surface area contributed by atoms with Crippen molar-refractivity contribution in [2.75, 3.05) is 13.2 Å². The van der Waals surface area contributed by atoms with Gasteiger partial charge in [0.15, 0.2) is 0 Å². The molecule has 138 valence electrons. The highest BCUT2D eigenvalue weighted by molar-refractivity contribution is 5.78. The predicted octanol–water partition coefficient (Wildman–Crippen LogP) is 1.50. The summed E-state index contributed by atoms with van der Waals surface area (Å²) in [5.74, 6) is -0.226. The van der Waals surface area contributed by atoms with E-state index in [-0.39, 0.29) is 25.0 Å². The van der Waals surface area contributed by atoms with Gasteiger partial charge in [-0.25, -0.2) is 4.79 Å². The molecule has 7 nitrogen and oxygen atoms in total. The van der Waals surface area contributed by atoms with Gasteiger partial charge in [-0.05, 0) is 33.6 Å². The van der Waals surface area contributed by atoms with Crippen LogP contribution < -0.4 is 10.6 Å². The number of hydrogen-bond acceptors (Lipinski definition) is 5. The summed E-state index contributed by atoms with van der Waals surface area (Å²) >= 11 is 0.